The van der Waals surface area contributed by atoms with E-state index < -0.39 is 16.8 Å². The van der Waals surface area contributed by atoms with Crippen LogP contribution in [0.15, 0.2) is 6.20 Å². The Morgan fingerprint density at radius 3 is 3.07 bits per heavy atom. The molecular weight excluding hydrogens is 204 g/mol. The maximum Gasteiger partial charge on any atom is 0.366 e. The minimum atomic E-state index is -0.964. The van der Waals surface area contributed by atoms with Crippen LogP contribution in [0.3, 0.4) is 0 Å². The predicted octanol–water partition coefficient (Wildman–Crippen LogP) is 0.450. The standard InChI is InChI=1S/C7H10N4O4/c1-4(7(12)13)2-8-5-3-9-10-6(5)11(14)15/h3-4,8H,2H2,1H3,(H,9,10)(H,12,13). The van der Waals surface area contributed by atoms with Gasteiger partial charge in [-0.2, -0.15) is 0 Å². The minimum absolute atomic E-state index is 0.107. The predicted molar refractivity (Wildman–Crippen MR) is 50.5 cm³/mol. The molecule has 1 heterocycles. The average Bonchev–Trinajstić information content (AvgIpc) is 2.61. The molecule has 0 aliphatic heterocycles. The molecule has 0 aromatic carbocycles. The van der Waals surface area contributed by atoms with Crippen LogP contribution in [0.4, 0.5) is 11.5 Å². The van der Waals surface area contributed by atoms with E-state index in [1.807, 2.05) is 0 Å². The zero-order valence-electron chi connectivity index (χ0n) is 7.93. The third-order valence-corrected chi connectivity index (χ3v) is 1.82. The summed E-state index contributed by atoms with van der Waals surface area (Å²) < 4.78 is 0. The van der Waals surface area contributed by atoms with Crippen LogP contribution >= 0.6 is 0 Å². The molecule has 1 aromatic rings. The van der Waals surface area contributed by atoms with E-state index in [9.17, 15) is 14.9 Å². The molecule has 0 bridgehead atoms. The largest absolute Gasteiger partial charge is 0.481 e. The van der Waals surface area contributed by atoms with Gasteiger partial charge in [-0.3, -0.25) is 4.79 Å². The van der Waals surface area contributed by atoms with Crippen LogP contribution in [0, 0.1) is 16.0 Å². The van der Waals surface area contributed by atoms with Gasteiger partial charge >= 0.3 is 11.8 Å². The van der Waals surface area contributed by atoms with Crippen molar-refractivity contribution in [1.29, 1.82) is 0 Å². The van der Waals surface area contributed by atoms with Gasteiger partial charge in [0, 0.05) is 6.54 Å². The van der Waals surface area contributed by atoms with E-state index in [2.05, 4.69) is 15.5 Å². The first-order valence-electron chi connectivity index (χ1n) is 4.16. The van der Waals surface area contributed by atoms with Gasteiger partial charge < -0.3 is 20.5 Å². The van der Waals surface area contributed by atoms with E-state index in [4.69, 9.17) is 5.11 Å². The number of hydrogen-bond donors (Lipinski definition) is 3. The number of hydrogen-bond acceptors (Lipinski definition) is 5. The van der Waals surface area contributed by atoms with Crippen molar-refractivity contribution in [2.75, 3.05) is 11.9 Å². The summed E-state index contributed by atoms with van der Waals surface area (Å²) in [6.07, 6.45) is 1.24. The fourth-order valence-corrected chi connectivity index (χ4v) is 0.898. The number of anilines is 1. The number of carbonyl (C=O) groups is 1. The molecule has 0 aliphatic rings. The Labute approximate surface area is 84.4 Å². The molecule has 0 radical (unpaired) electrons. The molecule has 0 saturated carbocycles. The highest BCUT2D eigenvalue weighted by atomic mass is 16.6. The molecule has 8 heteroatoms. The number of aliphatic carboxylic acids is 1. The van der Waals surface area contributed by atoms with Gasteiger partial charge in [-0.25, -0.2) is 0 Å². The molecule has 0 saturated heterocycles. The lowest BCUT2D eigenvalue weighted by Crippen LogP contribution is -2.19. The Hall–Kier alpha value is -2.12. The molecule has 0 aliphatic carbocycles. The fourth-order valence-electron chi connectivity index (χ4n) is 0.898. The SMILES string of the molecule is CC(CNc1cn[nH]c1[N+](=O)[O-])C(=O)O. The van der Waals surface area contributed by atoms with E-state index in [-0.39, 0.29) is 18.1 Å². The number of nitro groups is 1. The van der Waals surface area contributed by atoms with Gasteiger partial charge in [0.2, 0.25) is 0 Å². The number of aromatic nitrogens is 2. The molecule has 0 fully saturated rings. The lowest BCUT2D eigenvalue weighted by Gasteiger charge is -2.06. The zero-order chi connectivity index (χ0) is 11.4. The molecule has 1 atom stereocenters. The third-order valence-electron chi connectivity index (χ3n) is 1.82. The van der Waals surface area contributed by atoms with Crippen molar-refractivity contribution in [1.82, 2.24) is 10.2 Å². The van der Waals surface area contributed by atoms with Crippen LogP contribution in [-0.2, 0) is 4.79 Å². The molecule has 15 heavy (non-hydrogen) atoms. The maximum absolute atomic E-state index is 10.5. The summed E-state index contributed by atoms with van der Waals surface area (Å²) in [6, 6.07) is 0. The molecule has 3 N–H and O–H groups in total. The van der Waals surface area contributed by atoms with Gasteiger partial charge in [0.25, 0.3) is 0 Å². The topological polar surface area (TPSA) is 121 Å². The third kappa shape index (κ3) is 2.66. The molecule has 0 amide bonds. The molecule has 1 rings (SSSR count). The van der Waals surface area contributed by atoms with E-state index in [1.165, 1.54) is 13.1 Å². The van der Waals surface area contributed by atoms with Crippen LogP contribution in [0.5, 0.6) is 0 Å². The summed E-state index contributed by atoms with van der Waals surface area (Å²) in [4.78, 5) is 20.3. The summed E-state index contributed by atoms with van der Waals surface area (Å²) in [5.41, 5.74) is 0.188. The first-order chi connectivity index (χ1) is 7.02. The summed E-state index contributed by atoms with van der Waals surface area (Å²) in [5.74, 6) is -1.86. The Morgan fingerprint density at radius 2 is 2.53 bits per heavy atom. The normalized spacial score (nSPS) is 12.1. The van der Waals surface area contributed by atoms with Crippen LogP contribution in [-0.4, -0.2) is 32.7 Å². The van der Waals surface area contributed by atoms with Crippen LogP contribution in [0.25, 0.3) is 0 Å². The van der Waals surface area contributed by atoms with Crippen molar-refractivity contribution < 1.29 is 14.8 Å². The molecule has 1 unspecified atom stereocenters. The highest BCUT2D eigenvalue weighted by molar-refractivity contribution is 5.70. The number of rotatable bonds is 5. The van der Waals surface area contributed by atoms with Gasteiger partial charge in [-0.15, -0.1) is 5.10 Å². The monoisotopic (exact) mass is 214 g/mol. The molecule has 0 spiro atoms. The smallest absolute Gasteiger partial charge is 0.366 e. The zero-order valence-corrected chi connectivity index (χ0v) is 7.93. The molecule has 8 nitrogen and oxygen atoms in total. The molecular formula is C7H10N4O4. The van der Waals surface area contributed by atoms with Gasteiger partial charge in [-0.1, -0.05) is 12.0 Å². The second-order valence-electron chi connectivity index (χ2n) is 3.01. The van der Waals surface area contributed by atoms with E-state index in [0.717, 1.165) is 0 Å². The summed E-state index contributed by atoms with van der Waals surface area (Å²) in [6.45, 7) is 1.61. The summed E-state index contributed by atoms with van der Waals surface area (Å²) in [7, 11) is 0. The van der Waals surface area contributed by atoms with Gasteiger partial charge in [0.15, 0.2) is 5.69 Å². The van der Waals surface area contributed by atoms with Gasteiger partial charge in [0.05, 0.1) is 5.92 Å². The Bertz CT molecular complexity index is 375. The van der Waals surface area contributed by atoms with Gasteiger partial charge in [-0.05, 0) is 4.92 Å². The summed E-state index contributed by atoms with van der Waals surface area (Å²) in [5, 5.41) is 27.4. The fraction of sp³-hybridized carbons (Fsp3) is 0.429. The molecule has 82 valence electrons. The Morgan fingerprint density at radius 1 is 1.87 bits per heavy atom. The van der Waals surface area contributed by atoms with Crippen molar-refractivity contribution in [3.8, 4) is 0 Å². The number of carboxylic acid groups (broad SMARTS) is 1. The quantitative estimate of drug-likeness (QED) is 0.483. The highest BCUT2D eigenvalue weighted by Crippen LogP contribution is 2.19. The minimum Gasteiger partial charge on any atom is -0.481 e. The summed E-state index contributed by atoms with van der Waals surface area (Å²) >= 11 is 0. The van der Waals surface area contributed by atoms with E-state index >= 15 is 0 Å². The number of nitrogens with one attached hydrogen (secondary N) is 2. The maximum atomic E-state index is 10.5. The van der Waals surface area contributed by atoms with Crippen molar-refractivity contribution in [3.05, 3.63) is 16.3 Å². The lowest BCUT2D eigenvalue weighted by atomic mass is 10.2. The van der Waals surface area contributed by atoms with Crippen molar-refractivity contribution in [2.45, 2.75) is 6.92 Å². The second kappa shape index (κ2) is 4.40. The first kappa shape index (κ1) is 11.0. The van der Waals surface area contributed by atoms with E-state index in [1.54, 1.807) is 0 Å². The van der Waals surface area contributed by atoms with Crippen LogP contribution in [0.1, 0.15) is 6.92 Å². The Balaban J connectivity index is 2.61. The first-order valence-corrected chi connectivity index (χ1v) is 4.16. The lowest BCUT2D eigenvalue weighted by molar-refractivity contribution is -0.388. The van der Waals surface area contributed by atoms with Crippen molar-refractivity contribution in [2.24, 2.45) is 5.92 Å². The number of carboxylic acids is 1. The number of H-pyrrole nitrogens is 1. The van der Waals surface area contributed by atoms with Crippen LogP contribution < -0.4 is 5.32 Å². The Kier molecular flexibility index (Phi) is 3.21. The van der Waals surface area contributed by atoms with Crippen LogP contribution in [0.2, 0.25) is 0 Å². The van der Waals surface area contributed by atoms with Crippen molar-refractivity contribution >= 4 is 17.5 Å². The second-order valence-corrected chi connectivity index (χ2v) is 3.01. The van der Waals surface area contributed by atoms with Crippen molar-refractivity contribution in [3.63, 3.8) is 0 Å². The number of nitrogens with zero attached hydrogens (tertiary/aromatic N) is 2. The van der Waals surface area contributed by atoms with E-state index in [0.29, 0.717) is 0 Å². The highest BCUT2D eigenvalue weighted by Gasteiger charge is 2.17. The average molecular weight is 214 g/mol. The number of aromatic amines is 1. The molecule has 1 aromatic heterocycles. The van der Waals surface area contributed by atoms with Gasteiger partial charge in [0.1, 0.15) is 6.20 Å².